The smallest absolute Gasteiger partial charge is 0.353 e. The number of hydrogen-bond donors (Lipinski definition) is 2. The Bertz CT molecular complexity index is 511. The SMILES string of the molecule is CCCCCCCCCCCCCCCCOc1nc(=O)[nH]c(=O)[nH]1. The third-order valence-corrected chi connectivity index (χ3v) is 4.38. The van der Waals surface area contributed by atoms with Gasteiger partial charge in [-0.05, 0) is 6.42 Å². The fourth-order valence-corrected chi connectivity index (χ4v) is 2.91. The van der Waals surface area contributed by atoms with Gasteiger partial charge in [0, 0.05) is 0 Å². The molecule has 1 aromatic rings. The van der Waals surface area contributed by atoms with Gasteiger partial charge >= 0.3 is 17.4 Å². The molecular formula is C19H35N3O3. The van der Waals surface area contributed by atoms with Crippen LogP contribution in [0.4, 0.5) is 0 Å². The number of aromatic amines is 2. The van der Waals surface area contributed by atoms with Crippen LogP contribution in [0.2, 0.25) is 0 Å². The minimum absolute atomic E-state index is 0.00319. The van der Waals surface area contributed by atoms with E-state index in [2.05, 4.69) is 16.9 Å². The first-order chi connectivity index (χ1) is 12.2. The second-order valence-corrected chi connectivity index (χ2v) is 6.75. The van der Waals surface area contributed by atoms with Crippen LogP contribution in [0.15, 0.2) is 9.59 Å². The Morgan fingerprint density at radius 3 is 1.68 bits per heavy atom. The van der Waals surface area contributed by atoms with E-state index in [0.29, 0.717) is 6.61 Å². The highest BCUT2D eigenvalue weighted by Crippen LogP contribution is 2.12. The Morgan fingerprint density at radius 1 is 0.720 bits per heavy atom. The molecule has 1 rings (SSSR count). The molecule has 1 aromatic heterocycles. The van der Waals surface area contributed by atoms with Gasteiger partial charge < -0.3 is 4.74 Å². The van der Waals surface area contributed by atoms with Crippen molar-refractivity contribution in [2.75, 3.05) is 6.61 Å². The van der Waals surface area contributed by atoms with Crippen molar-refractivity contribution in [1.82, 2.24) is 15.0 Å². The molecule has 1 heterocycles. The molecule has 2 N–H and O–H groups in total. The van der Waals surface area contributed by atoms with Gasteiger partial charge in [-0.2, -0.15) is 0 Å². The minimum Gasteiger partial charge on any atom is -0.465 e. The predicted octanol–water partition coefficient (Wildman–Crippen LogP) is 4.32. The van der Waals surface area contributed by atoms with Gasteiger partial charge in [0.2, 0.25) is 0 Å². The molecule has 0 spiro atoms. The summed E-state index contributed by atoms with van der Waals surface area (Å²) in [6.45, 7) is 2.74. The zero-order valence-electron chi connectivity index (χ0n) is 15.8. The molecule has 25 heavy (non-hydrogen) atoms. The summed E-state index contributed by atoms with van der Waals surface area (Å²) in [6, 6.07) is 0.00319. The maximum atomic E-state index is 11.0. The number of aromatic nitrogens is 3. The minimum atomic E-state index is -0.681. The fraction of sp³-hybridized carbons (Fsp3) is 0.842. The van der Waals surface area contributed by atoms with Gasteiger partial charge in [-0.15, -0.1) is 4.98 Å². The molecule has 0 radical (unpaired) electrons. The molecular weight excluding hydrogens is 318 g/mol. The summed E-state index contributed by atoms with van der Waals surface area (Å²) in [4.78, 5) is 30.0. The monoisotopic (exact) mass is 353 g/mol. The highest BCUT2D eigenvalue weighted by Gasteiger charge is 1.99. The van der Waals surface area contributed by atoms with E-state index < -0.39 is 11.4 Å². The van der Waals surface area contributed by atoms with Gasteiger partial charge in [-0.25, -0.2) is 9.59 Å². The molecule has 0 amide bonds. The van der Waals surface area contributed by atoms with Crippen molar-refractivity contribution in [3.05, 3.63) is 21.0 Å². The number of H-pyrrole nitrogens is 2. The van der Waals surface area contributed by atoms with E-state index in [1.165, 1.54) is 77.0 Å². The largest absolute Gasteiger partial charge is 0.465 e. The molecule has 0 unspecified atom stereocenters. The van der Waals surface area contributed by atoms with Crippen LogP contribution in [0.25, 0.3) is 0 Å². The van der Waals surface area contributed by atoms with E-state index in [4.69, 9.17) is 4.74 Å². The topological polar surface area (TPSA) is 87.8 Å². The molecule has 0 bridgehead atoms. The summed E-state index contributed by atoms with van der Waals surface area (Å²) in [5.41, 5.74) is -1.27. The van der Waals surface area contributed by atoms with Gasteiger partial charge in [0.25, 0.3) is 0 Å². The summed E-state index contributed by atoms with van der Waals surface area (Å²) in [5.74, 6) is 0. The van der Waals surface area contributed by atoms with Crippen LogP contribution in [0, 0.1) is 0 Å². The summed E-state index contributed by atoms with van der Waals surface area (Å²) >= 11 is 0. The third kappa shape index (κ3) is 12.4. The molecule has 0 saturated heterocycles. The van der Waals surface area contributed by atoms with Gasteiger partial charge in [0.05, 0.1) is 6.61 Å². The number of hydrogen-bond acceptors (Lipinski definition) is 4. The molecule has 0 fully saturated rings. The van der Waals surface area contributed by atoms with Crippen LogP contribution in [0.1, 0.15) is 96.8 Å². The Hall–Kier alpha value is -1.59. The molecule has 0 aliphatic carbocycles. The molecule has 0 atom stereocenters. The summed E-state index contributed by atoms with van der Waals surface area (Å²) in [7, 11) is 0. The fourth-order valence-electron chi connectivity index (χ4n) is 2.91. The van der Waals surface area contributed by atoms with E-state index in [-0.39, 0.29) is 6.01 Å². The van der Waals surface area contributed by atoms with Crippen molar-refractivity contribution in [1.29, 1.82) is 0 Å². The molecule has 0 saturated carbocycles. The van der Waals surface area contributed by atoms with Crippen LogP contribution in [0.3, 0.4) is 0 Å². The van der Waals surface area contributed by atoms with Crippen LogP contribution in [-0.2, 0) is 0 Å². The quantitative estimate of drug-likeness (QED) is 0.433. The molecule has 0 aromatic carbocycles. The first-order valence-corrected chi connectivity index (χ1v) is 10.1. The average molecular weight is 354 g/mol. The highest BCUT2D eigenvalue weighted by atomic mass is 16.5. The lowest BCUT2D eigenvalue weighted by molar-refractivity contribution is 0.278. The zero-order valence-corrected chi connectivity index (χ0v) is 15.8. The van der Waals surface area contributed by atoms with Gasteiger partial charge in [-0.3, -0.25) is 9.97 Å². The van der Waals surface area contributed by atoms with E-state index in [1.54, 1.807) is 0 Å². The summed E-state index contributed by atoms with van der Waals surface area (Å²) in [6.07, 6.45) is 18.3. The van der Waals surface area contributed by atoms with Crippen molar-refractivity contribution >= 4 is 0 Å². The lowest BCUT2D eigenvalue weighted by Gasteiger charge is -2.04. The van der Waals surface area contributed by atoms with Crippen molar-refractivity contribution in [2.45, 2.75) is 96.8 Å². The van der Waals surface area contributed by atoms with Crippen molar-refractivity contribution in [3.8, 4) is 6.01 Å². The highest BCUT2D eigenvalue weighted by molar-refractivity contribution is 4.87. The maximum Gasteiger partial charge on any atom is 0.353 e. The second-order valence-electron chi connectivity index (χ2n) is 6.75. The van der Waals surface area contributed by atoms with E-state index in [1.807, 2.05) is 4.98 Å². The lowest BCUT2D eigenvalue weighted by atomic mass is 10.0. The van der Waals surface area contributed by atoms with Crippen molar-refractivity contribution in [2.24, 2.45) is 0 Å². The molecule has 6 nitrogen and oxygen atoms in total. The third-order valence-electron chi connectivity index (χ3n) is 4.38. The number of unbranched alkanes of at least 4 members (excludes halogenated alkanes) is 13. The van der Waals surface area contributed by atoms with E-state index in [9.17, 15) is 9.59 Å². The summed E-state index contributed by atoms with van der Waals surface area (Å²) < 4.78 is 5.29. The number of nitrogens with one attached hydrogen (secondary N) is 2. The molecule has 144 valence electrons. The first-order valence-electron chi connectivity index (χ1n) is 10.1. The molecule has 0 aliphatic rings. The second kappa shape index (κ2) is 14.7. The molecule has 6 heteroatoms. The van der Waals surface area contributed by atoms with Gasteiger partial charge in [0.1, 0.15) is 0 Å². The Kier molecular flexibility index (Phi) is 12.6. The van der Waals surface area contributed by atoms with Crippen LogP contribution in [0.5, 0.6) is 6.01 Å². The van der Waals surface area contributed by atoms with Crippen molar-refractivity contribution < 1.29 is 4.74 Å². The van der Waals surface area contributed by atoms with Crippen molar-refractivity contribution in [3.63, 3.8) is 0 Å². The average Bonchev–Trinajstić information content (AvgIpc) is 2.57. The number of ether oxygens (including phenoxy) is 1. The van der Waals surface area contributed by atoms with Crippen LogP contribution in [-0.4, -0.2) is 21.6 Å². The standard InChI is InChI=1S/C19H35N3O3/c1-2-3-4-5-6-7-8-9-10-11-12-13-14-15-16-25-19-21-17(23)20-18(24)22-19/h2-16H2,1H3,(H2,20,21,22,23,24). The normalized spacial score (nSPS) is 10.9. The Labute approximate surface area is 150 Å². The Balaban J connectivity index is 1.83. The Morgan fingerprint density at radius 2 is 1.20 bits per heavy atom. The summed E-state index contributed by atoms with van der Waals surface area (Å²) in [5, 5.41) is 0. The van der Waals surface area contributed by atoms with Crippen LogP contribution < -0.4 is 16.1 Å². The van der Waals surface area contributed by atoms with Crippen LogP contribution >= 0.6 is 0 Å². The molecule has 0 aliphatic heterocycles. The van der Waals surface area contributed by atoms with E-state index >= 15 is 0 Å². The number of nitrogens with zero attached hydrogens (tertiary/aromatic N) is 1. The van der Waals surface area contributed by atoms with Gasteiger partial charge in [-0.1, -0.05) is 90.4 Å². The van der Waals surface area contributed by atoms with E-state index in [0.717, 1.165) is 12.8 Å². The number of rotatable bonds is 16. The lowest BCUT2D eigenvalue weighted by Crippen LogP contribution is -2.25. The zero-order chi connectivity index (χ0) is 18.2. The maximum absolute atomic E-state index is 11.0. The predicted molar refractivity (Wildman–Crippen MR) is 101 cm³/mol. The van der Waals surface area contributed by atoms with Gasteiger partial charge in [0.15, 0.2) is 0 Å². The first kappa shape index (κ1) is 21.5.